The van der Waals surface area contributed by atoms with Gasteiger partial charge in [-0.2, -0.15) is 0 Å². The quantitative estimate of drug-likeness (QED) is 0.418. The Bertz CT molecular complexity index is 1100. The van der Waals surface area contributed by atoms with E-state index in [1.54, 1.807) is 12.1 Å². The molecular weight excluding hydrogens is 469 g/mol. The number of aromatic nitrogens is 3. The van der Waals surface area contributed by atoms with Crippen molar-refractivity contribution in [2.75, 3.05) is 11.1 Å². The zero-order valence-corrected chi connectivity index (χ0v) is 20.0. The van der Waals surface area contributed by atoms with E-state index in [0.717, 1.165) is 12.1 Å². The minimum atomic E-state index is -0.295. The van der Waals surface area contributed by atoms with Gasteiger partial charge in [0.15, 0.2) is 11.0 Å². The fourth-order valence-electron chi connectivity index (χ4n) is 2.92. The average Bonchev–Trinajstić information content (AvgIpc) is 3.20. The van der Waals surface area contributed by atoms with Crippen LogP contribution in [0.2, 0.25) is 10.0 Å². The zero-order valence-electron chi connectivity index (χ0n) is 17.7. The second-order valence-electron chi connectivity index (χ2n) is 6.84. The van der Waals surface area contributed by atoms with Crippen LogP contribution in [0.1, 0.15) is 35.6 Å². The molecule has 0 saturated heterocycles. The normalized spacial score (nSPS) is 10.8. The molecule has 0 aliphatic heterocycles. The lowest BCUT2D eigenvalue weighted by atomic mass is 10.1. The molecule has 0 aliphatic rings. The number of rotatable bonds is 9. The second-order valence-corrected chi connectivity index (χ2v) is 8.60. The largest absolute Gasteiger partial charge is 0.345 e. The van der Waals surface area contributed by atoms with Gasteiger partial charge >= 0.3 is 0 Å². The molecule has 0 saturated carbocycles. The van der Waals surface area contributed by atoms with Crippen molar-refractivity contribution in [2.24, 2.45) is 0 Å². The Balaban J connectivity index is 1.56. The van der Waals surface area contributed by atoms with Crippen LogP contribution in [0.25, 0.3) is 0 Å². The molecule has 0 aliphatic carbocycles. The van der Waals surface area contributed by atoms with Gasteiger partial charge in [-0.25, -0.2) is 0 Å². The fraction of sp³-hybridized carbons (Fsp3) is 0.273. The van der Waals surface area contributed by atoms with Gasteiger partial charge in [-0.15, -0.1) is 10.2 Å². The van der Waals surface area contributed by atoms with Gasteiger partial charge in [-0.1, -0.05) is 54.0 Å². The van der Waals surface area contributed by atoms with Crippen molar-refractivity contribution < 1.29 is 9.59 Å². The number of anilines is 1. The molecule has 0 bridgehead atoms. The molecule has 168 valence electrons. The van der Waals surface area contributed by atoms with Gasteiger partial charge < -0.3 is 15.2 Å². The number of halogens is 2. The van der Waals surface area contributed by atoms with Crippen LogP contribution in [0.5, 0.6) is 0 Å². The van der Waals surface area contributed by atoms with Gasteiger partial charge in [0.05, 0.1) is 22.3 Å². The lowest BCUT2D eigenvalue weighted by molar-refractivity contribution is -0.113. The average molecular weight is 492 g/mol. The Morgan fingerprint density at radius 3 is 2.44 bits per heavy atom. The summed E-state index contributed by atoms with van der Waals surface area (Å²) in [7, 11) is 0. The number of aryl methyl sites for hydroxylation is 1. The summed E-state index contributed by atoms with van der Waals surface area (Å²) in [6.07, 6.45) is 0.951. The summed E-state index contributed by atoms with van der Waals surface area (Å²) in [5, 5.41) is 15.3. The summed E-state index contributed by atoms with van der Waals surface area (Å²) in [5.74, 6) is 0.374. The highest BCUT2D eigenvalue weighted by atomic mass is 35.5. The molecule has 1 aromatic heterocycles. The highest BCUT2D eigenvalue weighted by Gasteiger charge is 2.15. The zero-order chi connectivity index (χ0) is 23.1. The fourth-order valence-corrected chi connectivity index (χ4v) is 4.04. The van der Waals surface area contributed by atoms with E-state index >= 15 is 0 Å². The summed E-state index contributed by atoms with van der Waals surface area (Å²) < 4.78 is 1.86. The number of thioether (sulfide) groups is 1. The first-order valence-corrected chi connectivity index (χ1v) is 11.8. The third-order valence-corrected chi connectivity index (χ3v) is 6.38. The number of nitrogens with one attached hydrogen (secondary N) is 2. The van der Waals surface area contributed by atoms with E-state index in [4.69, 9.17) is 23.2 Å². The molecule has 2 N–H and O–H groups in total. The van der Waals surface area contributed by atoms with Crippen molar-refractivity contribution in [1.29, 1.82) is 0 Å². The molecule has 2 aromatic carbocycles. The number of carbonyl (C=O) groups excluding carboxylic acids is 2. The van der Waals surface area contributed by atoms with E-state index in [9.17, 15) is 9.59 Å². The van der Waals surface area contributed by atoms with E-state index in [0.29, 0.717) is 33.1 Å². The standard InChI is InChI=1S/C22H23Cl2N5O2S/c1-3-14-5-8-16(9-6-14)26-20(30)13-32-22-28-27-19(29(22)4-2)12-25-21(31)15-7-10-17(23)18(24)11-15/h5-11H,3-4,12-13H2,1-2H3,(H,25,31)(H,26,30). The number of carbonyl (C=O) groups is 2. The molecule has 0 unspecified atom stereocenters. The van der Waals surface area contributed by atoms with Crippen LogP contribution >= 0.6 is 35.0 Å². The molecule has 10 heteroatoms. The maximum absolute atomic E-state index is 12.4. The number of amides is 2. The molecule has 7 nitrogen and oxygen atoms in total. The third-order valence-electron chi connectivity index (χ3n) is 4.68. The summed E-state index contributed by atoms with van der Waals surface area (Å²) in [5.41, 5.74) is 2.38. The van der Waals surface area contributed by atoms with Crippen molar-refractivity contribution in [3.8, 4) is 0 Å². The van der Waals surface area contributed by atoms with Crippen molar-refractivity contribution in [3.63, 3.8) is 0 Å². The smallest absolute Gasteiger partial charge is 0.251 e. The summed E-state index contributed by atoms with van der Waals surface area (Å²) in [6.45, 7) is 4.83. The topological polar surface area (TPSA) is 88.9 Å². The molecular formula is C22H23Cl2N5O2S. The summed E-state index contributed by atoms with van der Waals surface area (Å²) in [6, 6.07) is 12.5. The Kier molecular flexibility index (Phi) is 8.55. The third kappa shape index (κ3) is 6.25. The van der Waals surface area contributed by atoms with Gasteiger partial charge in [0.25, 0.3) is 5.91 Å². The Morgan fingerprint density at radius 1 is 1.03 bits per heavy atom. The lowest BCUT2D eigenvalue weighted by Crippen LogP contribution is -2.24. The van der Waals surface area contributed by atoms with E-state index in [-0.39, 0.29) is 24.1 Å². The predicted octanol–water partition coefficient (Wildman–Crippen LogP) is 4.83. The molecule has 0 fully saturated rings. The van der Waals surface area contributed by atoms with Crippen LogP contribution in [0.3, 0.4) is 0 Å². The minimum Gasteiger partial charge on any atom is -0.345 e. The Labute approximate surface area is 200 Å². The van der Waals surface area contributed by atoms with Crippen LogP contribution in [0, 0.1) is 0 Å². The van der Waals surface area contributed by atoms with Crippen LogP contribution in [0.15, 0.2) is 47.6 Å². The molecule has 3 rings (SSSR count). The molecule has 1 heterocycles. The molecule has 32 heavy (non-hydrogen) atoms. The summed E-state index contributed by atoms with van der Waals surface area (Å²) in [4.78, 5) is 24.7. The van der Waals surface area contributed by atoms with E-state index in [1.165, 1.54) is 23.4 Å². The number of nitrogens with zero attached hydrogens (tertiary/aromatic N) is 3. The first kappa shape index (κ1) is 24.1. The summed E-state index contributed by atoms with van der Waals surface area (Å²) >= 11 is 13.2. The van der Waals surface area contributed by atoms with Gasteiger partial charge in [-0.05, 0) is 49.2 Å². The van der Waals surface area contributed by atoms with Gasteiger partial charge in [0.2, 0.25) is 5.91 Å². The number of hydrogen-bond donors (Lipinski definition) is 2. The number of hydrogen-bond acceptors (Lipinski definition) is 5. The van der Waals surface area contributed by atoms with Gasteiger partial charge in [-0.3, -0.25) is 9.59 Å². The van der Waals surface area contributed by atoms with Gasteiger partial charge in [0.1, 0.15) is 0 Å². The van der Waals surface area contributed by atoms with Crippen molar-refractivity contribution in [3.05, 3.63) is 69.5 Å². The van der Waals surface area contributed by atoms with Gasteiger partial charge in [0, 0.05) is 17.8 Å². The SMILES string of the molecule is CCc1ccc(NC(=O)CSc2nnc(CNC(=O)c3ccc(Cl)c(Cl)c3)n2CC)cc1. The van der Waals surface area contributed by atoms with Crippen LogP contribution in [-0.2, 0) is 24.3 Å². The predicted molar refractivity (Wildman–Crippen MR) is 129 cm³/mol. The van der Waals surface area contributed by atoms with Crippen LogP contribution in [-0.4, -0.2) is 32.3 Å². The molecule has 0 spiro atoms. The maximum Gasteiger partial charge on any atom is 0.251 e. The first-order valence-electron chi connectivity index (χ1n) is 10.1. The second kappa shape index (κ2) is 11.4. The highest BCUT2D eigenvalue weighted by molar-refractivity contribution is 7.99. The van der Waals surface area contributed by atoms with Crippen LogP contribution in [0.4, 0.5) is 5.69 Å². The minimum absolute atomic E-state index is 0.126. The monoisotopic (exact) mass is 491 g/mol. The lowest BCUT2D eigenvalue weighted by Gasteiger charge is -2.09. The molecule has 0 radical (unpaired) electrons. The van der Waals surface area contributed by atoms with Crippen molar-refractivity contribution >= 4 is 52.5 Å². The number of benzene rings is 2. The highest BCUT2D eigenvalue weighted by Crippen LogP contribution is 2.23. The van der Waals surface area contributed by atoms with E-state index in [2.05, 4.69) is 27.8 Å². The van der Waals surface area contributed by atoms with E-state index < -0.39 is 0 Å². The van der Waals surface area contributed by atoms with E-state index in [1.807, 2.05) is 35.8 Å². The van der Waals surface area contributed by atoms with Crippen molar-refractivity contribution in [1.82, 2.24) is 20.1 Å². The Morgan fingerprint density at radius 2 is 1.78 bits per heavy atom. The first-order chi connectivity index (χ1) is 15.4. The molecule has 0 atom stereocenters. The van der Waals surface area contributed by atoms with Crippen molar-refractivity contribution in [2.45, 2.75) is 38.5 Å². The molecule has 3 aromatic rings. The maximum atomic E-state index is 12.4. The Hall–Kier alpha value is -2.55. The van der Waals surface area contributed by atoms with Crippen LogP contribution < -0.4 is 10.6 Å². The molecule has 2 amide bonds.